The first kappa shape index (κ1) is 17.4. The van der Waals surface area contributed by atoms with Crippen molar-refractivity contribution in [2.45, 2.75) is 38.1 Å². The number of hydrogen-bond donors (Lipinski definition) is 0. The second-order valence-electron chi connectivity index (χ2n) is 6.37. The third-order valence-corrected chi connectivity index (χ3v) is 4.80. The number of carbonyl (C=O) groups excluding carboxylic acids is 3. The van der Waals surface area contributed by atoms with E-state index in [0.29, 0.717) is 13.0 Å². The predicted molar refractivity (Wildman–Crippen MR) is 89.4 cm³/mol. The maximum Gasteiger partial charge on any atom is 0.346 e. The number of carbonyl (C=O) groups is 3. The van der Waals surface area contributed by atoms with Crippen LogP contribution in [0, 0.1) is 5.92 Å². The lowest BCUT2D eigenvalue weighted by Gasteiger charge is -2.31. The Morgan fingerprint density at radius 1 is 1.28 bits per heavy atom. The molecule has 0 saturated carbocycles. The van der Waals surface area contributed by atoms with Gasteiger partial charge in [-0.3, -0.25) is 14.5 Å². The summed E-state index contributed by atoms with van der Waals surface area (Å²) < 4.78 is 9.83. The third-order valence-electron chi connectivity index (χ3n) is 4.80. The van der Waals surface area contributed by atoms with Crippen molar-refractivity contribution in [3.05, 3.63) is 48.0 Å². The Balaban J connectivity index is 1.75. The Kier molecular flexibility index (Phi) is 4.99. The van der Waals surface area contributed by atoms with E-state index in [4.69, 9.17) is 4.74 Å². The van der Waals surface area contributed by atoms with E-state index in [9.17, 15) is 14.4 Å². The summed E-state index contributed by atoms with van der Waals surface area (Å²) in [5.41, 5.74) is 1.08. The molecule has 4 atom stereocenters. The van der Waals surface area contributed by atoms with Crippen molar-refractivity contribution in [3.63, 3.8) is 0 Å². The van der Waals surface area contributed by atoms with Crippen molar-refractivity contribution >= 4 is 17.7 Å². The fourth-order valence-electron chi connectivity index (χ4n) is 3.50. The van der Waals surface area contributed by atoms with Crippen LogP contribution in [-0.4, -0.2) is 47.9 Å². The summed E-state index contributed by atoms with van der Waals surface area (Å²) in [6, 6.07) is 9.28. The highest BCUT2D eigenvalue weighted by molar-refractivity contribution is 5.97. The summed E-state index contributed by atoms with van der Waals surface area (Å²) in [5, 5.41) is 0. The van der Waals surface area contributed by atoms with E-state index in [1.54, 1.807) is 12.2 Å². The van der Waals surface area contributed by atoms with Gasteiger partial charge in [0.1, 0.15) is 0 Å². The van der Waals surface area contributed by atoms with E-state index in [1.165, 1.54) is 14.0 Å². The molecule has 2 heterocycles. The average molecular weight is 343 g/mol. The summed E-state index contributed by atoms with van der Waals surface area (Å²) in [6.45, 7) is 2.07. The van der Waals surface area contributed by atoms with Crippen LogP contribution in [0.5, 0.6) is 0 Å². The first-order valence-electron chi connectivity index (χ1n) is 8.31. The van der Waals surface area contributed by atoms with Crippen LogP contribution in [0.4, 0.5) is 0 Å². The van der Waals surface area contributed by atoms with Crippen molar-refractivity contribution in [1.29, 1.82) is 0 Å². The van der Waals surface area contributed by atoms with Gasteiger partial charge in [-0.05, 0) is 25.0 Å². The number of ether oxygens (including phenoxy) is 2. The standard InChI is InChI=1S/C19H21NO5/c1-12(18(22)24-2)25-19(23)14-10-16-17(21)9-8-15(14)20(16)11-13-6-4-3-5-7-13/h3-9,12,14-16H,10-11H2,1-2H3/t12-,14-,15+,16+/m0/s1. The summed E-state index contributed by atoms with van der Waals surface area (Å²) in [4.78, 5) is 38.3. The maximum atomic E-state index is 12.5. The quantitative estimate of drug-likeness (QED) is 0.754. The number of hydrogen-bond acceptors (Lipinski definition) is 6. The average Bonchev–Trinajstić information content (AvgIpc) is 2.88. The van der Waals surface area contributed by atoms with E-state index in [-0.39, 0.29) is 17.9 Å². The number of methoxy groups -OCH3 is 1. The first-order valence-corrected chi connectivity index (χ1v) is 8.31. The van der Waals surface area contributed by atoms with Crippen LogP contribution >= 0.6 is 0 Å². The van der Waals surface area contributed by atoms with Gasteiger partial charge in [0.05, 0.1) is 19.1 Å². The van der Waals surface area contributed by atoms with Crippen LogP contribution in [-0.2, 0) is 30.4 Å². The lowest BCUT2D eigenvalue weighted by Crippen LogP contribution is -2.43. The van der Waals surface area contributed by atoms with Gasteiger partial charge >= 0.3 is 11.9 Å². The molecule has 1 fully saturated rings. The van der Waals surface area contributed by atoms with E-state index in [1.807, 2.05) is 35.2 Å². The number of benzene rings is 1. The Labute approximate surface area is 146 Å². The van der Waals surface area contributed by atoms with Crippen molar-refractivity contribution in [1.82, 2.24) is 4.90 Å². The molecule has 0 N–H and O–H groups in total. The number of esters is 2. The molecule has 2 aliphatic heterocycles. The van der Waals surface area contributed by atoms with Crippen LogP contribution in [0.1, 0.15) is 18.9 Å². The van der Waals surface area contributed by atoms with Crippen LogP contribution in [0.3, 0.4) is 0 Å². The molecule has 3 rings (SSSR count). The van der Waals surface area contributed by atoms with Crippen LogP contribution in [0.25, 0.3) is 0 Å². The van der Waals surface area contributed by atoms with Crippen LogP contribution in [0.15, 0.2) is 42.5 Å². The van der Waals surface area contributed by atoms with Crippen molar-refractivity contribution in [2.24, 2.45) is 5.92 Å². The molecule has 0 unspecified atom stereocenters. The lowest BCUT2D eigenvalue weighted by atomic mass is 10.0. The molecule has 1 aromatic rings. The third kappa shape index (κ3) is 3.49. The van der Waals surface area contributed by atoms with E-state index >= 15 is 0 Å². The zero-order valence-corrected chi connectivity index (χ0v) is 14.3. The monoisotopic (exact) mass is 343 g/mol. The first-order chi connectivity index (χ1) is 12.0. The minimum Gasteiger partial charge on any atom is -0.466 e. The predicted octanol–water partition coefficient (Wildman–Crippen LogP) is 1.49. The second kappa shape index (κ2) is 7.19. The Morgan fingerprint density at radius 3 is 2.68 bits per heavy atom. The molecule has 0 spiro atoms. The summed E-state index contributed by atoms with van der Waals surface area (Å²) >= 11 is 0. The van der Waals surface area contributed by atoms with Crippen LogP contribution in [0.2, 0.25) is 0 Å². The number of rotatable bonds is 5. The molecule has 1 aromatic carbocycles. The van der Waals surface area contributed by atoms with Crippen molar-refractivity contribution < 1.29 is 23.9 Å². The fraction of sp³-hybridized carbons (Fsp3) is 0.421. The molecule has 2 bridgehead atoms. The molecule has 0 radical (unpaired) electrons. The molecule has 0 aromatic heterocycles. The van der Waals surface area contributed by atoms with Gasteiger partial charge in [0.2, 0.25) is 0 Å². The molecule has 2 aliphatic rings. The molecule has 0 amide bonds. The van der Waals surface area contributed by atoms with Gasteiger partial charge in [-0.25, -0.2) is 4.79 Å². The van der Waals surface area contributed by atoms with Gasteiger partial charge in [-0.1, -0.05) is 36.4 Å². The van der Waals surface area contributed by atoms with E-state index in [2.05, 4.69) is 4.74 Å². The lowest BCUT2D eigenvalue weighted by molar-refractivity contribution is -0.167. The van der Waals surface area contributed by atoms with Gasteiger partial charge in [0.15, 0.2) is 11.9 Å². The topological polar surface area (TPSA) is 72.9 Å². The second-order valence-corrected chi connectivity index (χ2v) is 6.37. The van der Waals surface area contributed by atoms with Gasteiger partial charge in [-0.15, -0.1) is 0 Å². The number of fused-ring (bicyclic) bond motifs is 2. The molecule has 6 nitrogen and oxygen atoms in total. The molecule has 25 heavy (non-hydrogen) atoms. The minimum absolute atomic E-state index is 0.00324. The summed E-state index contributed by atoms with van der Waals surface area (Å²) in [6.07, 6.45) is 2.76. The molecule has 132 valence electrons. The fourth-order valence-corrected chi connectivity index (χ4v) is 3.50. The molecular formula is C19H21NO5. The zero-order chi connectivity index (χ0) is 18.0. The SMILES string of the molecule is COC(=O)[C@H](C)OC(=O)[C@H]1C[C@@H]2C(=O)C=C[C@H]1N2Cc1ccccc1. The van der Waals surface area contributed by atoms with Gasteiger partial charge < -0.3 is 9.47 Å². The Hall–Kier alpha value is -2.47. The maximum absolute atomic E-state index is 12.5. The largest absolute Gasteiger partial charge is 0.466 e. The highest BCUT2D eigenvalue weighted by Gasteiger charge is 2.49. The summed E-state index contributed by atoms with van der Waals surface area (Å²) in [7, 11) is 1.25. The summed E-state index contributed by atoms with van der Waals surface area (Å²) in [5.74, 6) is -1.53. The molecule has 6 heteroatoms. The van der Waals surface area contributed by atoms with E-state index in [0.717, 1.165) is 5.56 Å². The van der Waals surface area contributed by atoms with Crippen molar-refractivity contribution in [2.75, 3.05) is 7.11 Å². The zero-order valence-electron chi connectivity index (χ0n) is 14.3. The Morgan fingerprint density at radius 2 is 2.00 bits per heavy atom. The Bertz CT molecular complexity index is 699. The highest BCUT2D eigenvalue weighted by Crippen LogP contribution is 2.37. The normalized spacial score (nSPS) is 26.3. The molecule has 1 saturated heterocycles. The van der Waals surface area contributed by atoms with Gasteiger partial charge in [0, 0.05) is 12.6 Å². The molecular weight excluding hydrogens is 322 g/mol. The highest BCUT2D eigenvalue weighted by atomic mass is 16.6. The molecule has 0 aliphatic carbocycles. The van der Waals surface area contributed by atoms with Crippen LogP contribution < -0.4 is 0 Å². The minimum atomic E-state index is -0.958. The van der Waals surface area contributed by atoms with Crippen molar-refractivity contribution in [3.8, 4) is 0 Å². The smallest absolute Gasteiger partial charge is 0.346 e. The number of ketones is 1. The van der Waals surface area contributed by atoms with Gasteiger partial charge in [-0.2, -0.15) is 0 Å². The van der Waals surface area contributed by atoms with Gasteiger partial charge in [0.25, 0.3) is 0 Å². The number of nitrogens with zero attached hydrogens (tertiary/aromatic N) is 1. The van der Waals surface area contributed by atoms with E-state index < -0.39 is 24.0 Å².